The van der Waals surface area contributed by atoms with Gasteiger partial charge >= 0.3 is 0 Å². The zero-order valence-corrected chi connectivity index (χ0v) is 14.8. The minimum atomic E-state index is 0.479. The average molecular weight is 340 g/mol. The van der Waals surface area contributed by atoms with E-state index in [-0.39, 0.29) is 0 Å². The van der Waals surface area contributed by atoms with Crippen LogP contribution in [0, 0.1) is 0 Å². The van der Waals surface area contributed by atoms with Crippen LogP contribution >= 0.6 is 12.2 Å². The van der Waals surface area contributed by atoms with Crippen LogP contribution in [0.15, 0.2) is 60.7 Å². The van der Waals surface area contributed by atoms with Gasteiger partial charge < -0.3 is 10.6 Å². The third-order valence-electron chi connectivity index (χ3n) is 4.47. The highest BCUT2D eigenvalue weighted by Crippen LogP contribution is 2.13. The highest BCUT2D eigenvalue weighted by molar-refractivity contribution is 7.80. The number of hydrogen-bond donors (Lipinski definition) is 2. The molecule has 0 amide bonds. The smallest absolute Gasteiger partial charge is 0.166 e. The van der Waals surface area contributed by atoms with Crippen LogP contribution in [0.5, 0.6) is 0 Å². The Morgan fingerprint density at radius 1 is 0.917 bits per heavy atom. The second-order valence-corrected chi connectivity index (χ2v) is 6.76. The summed E-state index contributed by atoms with van der Waals surface area (Å²) in [5.41, 5.74) is 2.64. The summed E-state index contributed by atoms with van der Waals surface area (Å²) in [4.78, 5) is 2.52. The molecule has 0 saturated carbocycles. The van der Waals surface area contributed by atoms with E-state index < -0.39 is 0 Å². The van der Waals surface area contributed by atoms with E-state index in [1.807, 2.05) is 6.07 Å². The summed E-state index contributed by atoms with van der Waals surface area (Å²) in [6.45, 7) is 4.06. The Morgan fingerprint density at radius 3 is 2.12 bits per heavy atom. The molecule has 0 unspecified atom stereocenters. The Kier molecular flexibility index (Phi) is 6.21. The van der Waals surface area contributed by atoms with Crippen molar-refractivity contribution in [3.63, 3.8) is 0 Å². The van der Waals surface area contributed by atoms with Gasteiger partial charge in [-0.15, -0.1) is 0 Å². The Hall–Kier alpha value is -1.91. The van der Waals surface area contributed by atoms with Gasteiger partial charge in [-0.2, -0.15) is 0 Å². The fourth-order valence-corrected chi connectivity index (χ4v) is 3.33. The summed E-state index contributed by atoms with van der Waals surface area (Å²) < 4.78 is 0. The summed E-state index contributed by atoms with van der Waals surface area (Å²) in [7, 11) is 0. The van der Waals surface area contributed by atoms with Gasteiger partial charge in [0.05, 0.1) is 0 Å². The lowest BCUT2D eigenvalue weighted by Gasteiger charge is -2.33. The molecule has 126 valence electrons. The highest BCUT2D eigenvalue weighted by Gasteiger charge is 2.19. The van der Waals surface area contributed by atoms with E-state index in [9.17, 15) is 0 Å². The highest BCUT2D eigenvalue weighted by atomic mass is 32.1. The first-order valence-corrected chi connectivity index (χ1v) is 9.05. The molecule has 0 atom stereocenters. The van der Waals surface area contributed by atoms with E-state index >= 15 is 0 Å². The molecule has 24 heavy (non-hydrogen) atoms. The third-order valence-corrected chi connectivity index (χ3v) is 4.73. The second-order valence-electron chi connectivity index (χ2n) is 6.35. The van der Waals surface area contributed by atoms with Crippen LogP contribution in [0.2, 0.25) is 0 Å². The molecular weight excluding hydrogens is 314 g/mol. The van der Waals surface area contributed by atoms with Crippen molar-refractivity contribution < 1.29 is 0 Å². The van der Waals surface area contributed by atoms with Crippen LogP contribution < -0.4 is 10.6 Å². The van der Waals surface area contributed by atoms with Crippen molar-refractivity contribution in [2.75, 3.05) is 13.1 Å². The molecule has 0 spiro atoms. The number of piperidine rings is 1. The SMILES string of the molecule is S=C(NCc1ccccc1)NC1CCN(Cc2ccccc2)CC1. The lowest BCUT2D eigenvalue weighted by molar-refractivity contribution is 0.199. The second kappa shape index (κ2) is 8.81. The number of benzene rings is 2. The van der Waals surface area contributed by atoms with Crippen LogP contribution in [0.25, 0.3) is 0 Å². The number of nitrogens with one attached hydrogen (secondary N) is 2. The third kappa shape index (κ3) is 5.32. The van der Waals surface area contributed by atoms with E-state index in [1.165, 1.54) is 11.1 Å². The molecule has 3 rings (SSSR count). The van der Waals surface area contributed by atoms with Crippen molar-refractivity contribution in [2.45, 2.75) is 32.0 Å². The van der Waals surface area contributed by atoms with E-state index in [0.29, 0.717) is 6.04 Å². The number of hydrogen-bond acceptors (Lipinski definition) is 2. The van der Waals surface area contributed by atoms with Crippen LogP contribution in [-0.2, 0) is 13.1 Å². The zero-order chi connectivity index (χ0) is 16.6. The monoisotopic (exact) mass is 339 g/mol. The normalized spacial score (nSPS) is 15.8. The quantitative estimate of drug-likeness (QED) is 0.817. The number of rotatable bonds is 5. The van der Waals surface area contributed by atoms with Gasteiger partial charge in [0.15, 0.2) is 5.11 Å². The summed E-state index contributed by atoms with van der Waals surface area (Å²) >= 11 is 5.43. The summed E-state index contributed by atoms with van der Waals surface area (Å²) in [5, 5.41) is 7.54. The van der Waals surface area contributed by atoms with Crippen molar-refractivity contribution in [1.29, 1.82) is 0 Å². The van der Waals surface area contributed by atoms with Crippen LogP contribution in [0.4, 0.5) is 0 Å². The van der Waals surface area contributed by atoms with E-state index in [1.54, 1.807) is 0 Å². The maximum Gasteiger partial charge on any atom is 0.166 e. The number of nitrogens with zero attached hydrogens (tertiary/aromatic N) is 1. The number of likely N-dealkylation sites (tertiary alicyclic amines) is 1. The minimum Gasteiger partial charge on any atom is -0.360 e. The first kappa shape index (κ1) is 16.9. The van der Waals surface area contributed by atoms with E-state index in [2.05, 4.69) is 70.1 Å². The van der Waals surface area contributed by atoms with Gasteiger partial charge in [-0.1, -0.05) is 60.7 Å². The van der Waals surface area contributed by atoms with Gasteiger partial charge in [-0.25, -0.2) is 0 Å². The van der Waals surface area contributed by atoms with Crippen molar-refractivity contribution in [3.8, 4) is 0 Å². The van der Waals surface area contributed by atoms with Crippen molar-refractivity contribution in [1.82, 2.24) is 15.5 Å². The molecule has 4 heteroatoms. The summed E-state index contributed by atoms with van der Waals surface area (Å²) in [6.07, 6.45) is 2.28. The fraction of sp³-hybridized carbons (Fsp3) is 0.350. The van der Waals surface area contributed by atoms with E-state index in [0.717, 1.165) is 44.1 Å². The molecule has 1 fully saturated rings. The standard InChI is InChI=1S/C20H25N3S/c24-20(21-15-17-7-3-1-4-8-17)22-19-11-13-23(14-12-19)16-18-9-5-2-6-10-18/h1-10,19H,11-16H2,(H2,21,22,24). The molecule has 1 heterocycles. The maximum absolute atomic E-state index is 5.43. The Labute approximate surface area is 150 Å². The van der Waals surface area contributed by atoms with Gasteiger partial charge in [-0.3, -0.25) is 4.90 Å². The lowest BCUT2D eigenvalue weighted by atomic mass is 10.0. The lowest BCUT2D eigenvalue weighted by Crippen LogP contribution is -2.47. The molecule has 2 aromatic carbocycles. The number of thiocarbonyl (C=S) groups is 1. The molecule has 1 aliphatic rings. The van der Waals surface area contributed by atoms with Crippen LogP contribution in [0.3, 0.4) is 0 Å². The Balaban J connectivity index is 1.36. The average Bonchev–Trinajstić information content (AvgIpc) is 2.63. The molecule has 0 bridgehead atoms. The fourth-order valence-electron chi connectivity index (χ4n) is 3.09. The van der Waals surface area contributed by atoms with Gasteiger partial charge in [0.1, 0.15) is 0 Å². The predicted molar refractivity (Wildman–Crippen MR) is 104 cm³/mol. The maximum atomic E-state index is 5.43. The topological polar surface area (TPSA) is 27.3 Å². The Morgan fingerprint density at radius 2 is 1.50 bits per heavy atom. The van der Waals surface area contributed by atoms with E-state index in [4.69, 9.17) is 12.2 Å². The van der Waals surface area contributed by atoms with Crippen molar-refractivity contribution in [3.05, 3.63) is 71.8 Å². The molecule has 2 N–H and O–H groups in total. The van der Waals surface area contributed by atoms with Gasteiger partial charge in [-0.05, 0) is 36.2 Å². The molecule has 1 aliphatic heterocycles. The summed E-state index contributed by atoms with van der Waals surface area (Å²) in [6, 6.07) is 21.5. The molecule has 0 aliphatic carbocycles. The molecule has 2 aromatic rings. The molecule has 3 nitrogen and oxygen atoms in total. The first-order chi connectivity index (χ1) is 11.8. The molecule has 1 saturated heterocycles. The predicted octanol–water partition coefficient (Wildman–Crippen LogP) is 3.32. The largest absolute Gasteiger partial charge is 0.360 e. The zero-order valence-electron chi connectivity index (χ0n) is 13.9. The van der Waals surface area contributed by atoms with Crippen molar-refractivity contribution >= 4 is 17.3 Å². The minimum absolute atomic E-state index is 0.479. The molecular formula is C20H25N3S. The van der Waals surface area contributed by atoms with Gasteiger partial charge in [0, 0.05) is 32.2 Å². The van der Waals surface area contributed by atoms with Crippen LogP contribution in [-0.4, -0.2) is 29.1 Å². The summed E-state index contributed by atoms with van der Waals surface area (Å²) in [5.74, 6) is 0. The van der Waals surface area contributed by atoms with Gasteiger partial charge in [0.25, 0.3) is 0 Å². The van der Waals surface area contributed by atoms with Crippen LogP contribution in [0.1, 0.15) is 24.0 Å². The molecule has 0 aromatic heterocycles. The molecule has 0 radical (unpaired) electrons. The van der Waals surface area contributed by atoms with Gasteiger partial charge in [0.2, 0.25) is 0 Å². The first-order valence-electron chi connectivity index (χ1n) is 8.64. The van der Waals surface area contributed by atoms with Crippen molar-refractivity contribution in [2.24, 2.45) is 0 Å². The Bertz CT molecular complexity index is 622.